The lowest BCUT2D eigenvalue weighted by Crippen LogP contribution is -2.42. The Morgan fingerprint density at radius 1 is 1.31 bits per heavy atom. The summed E-state index contributed by atoms with van der Waals surface area (Å²) in [5.74, 6) is -0.384. The van der Waals surface area contributed by atoms with Crippen LogP contribution in [0.5, 0.6) is 0 Å². The number of carbonyl (C=O) groups is 1. The zero-order valence-electron chi connectivity index (χ0n) is 13.9. The second kappa shape index (κ2) is 8.62. The summed E-state index contributed by atoms with van der Waals surface area (Å²) in [6.45, 7) is 0.548. The lowest BCUT2D eigenvalue weighted by Gasteiger charge is -2.23. The maximum Gasteiger partial charge on any atom is 0.253 e. The molecule has 0 saturated carbocycles. The minimum Gasteiger partial charge on any atom is -0.377 e. The quantitative estimate of drug-likeness (QED) is 0.690. The zero-order chi connectivity index (χ0) is 18.6. The molecule has 0 unspecified atom stereocenters. The third kappa shape index (κ3) is 4.92. The second-order valence-electron chi connectivity index (χ2n) is 5.92. The summed E-state index contributed by atoms with van der Waals surface area (Å²) in [6.07, 6.45) is 1.53. The molecule has 6 nitrogen and oxygen atoms in total. The van der Waals surface area contributed by atoms with Crippen molar-refractivity contribution < 1.29 is 17.9 Å². The van der Waals surface area contributed by atoms with Crippen LogP contribution in [0.1, 0.15) is 12.8 Å². The van der Waals surface area contributed by atoms with Gasteiger partial charge < -0.3 is 10.1 Å². The highest BCUT2D eigenvalue weighted by molar-refractivity contribution is 9.10. The van der Waals surface area contributed by atoms with Gasteiger partial charge in [0.2, 0.25) is 5.91 Å². The first-order chi connectivity index (χ1) is 12.4. The fourth-order valence-corrected chi connectivity index (χ4v) is 5.53. The molecule has 1 aliphatic heterocycles. The second-order valence-corrected chi connectivity index (χ2v) is 9.95. The first-order valence-corrected chi connectivity index (χ1v) is 11.3. The molecule has 1 atom stereocenters. The Bertz CT molecular complexity index is 832. The van der Waals surface area contributed by atoms with E-state index in [2.05, 4.69) is 21.2 Å². The van der Waals surface area contributed by atoms with Crippen molar-refractivity contribution >= 4 is 48.9 Å². The third-order valence-corrected chi connectivity index (χ3v) is 7.68. The average Bonchev–Trinajstić information content (AvgIpc) is 3.30. The van der Waals surface area contributed by atoms with Crippen LogP contribution in [0.2, 0.25) is 0 Å². The normalized spacial score (nSPS) is 17.5. The molecule has 140 valence electrons. The molecule has 1 saturated heterocycles. The lowest BCUT2D eigenvalue weighted by atomic mass is 10.2. The number of benzene rings is 1. The molecule has 9 heteroatoms. The topological polar surface area (TPSA) is 75.7 Å². The molecular formula is C17H19BrN2O4S2. The Labute approximate surface area is 165 Å². The van der Waals surface area contributed by atoms with E-state index in [4.69, 9.17) is 4.74 Å². The number of anilines is 1. The summed E-state index contributed by atoms with van der Waals surface area (Å²) in [4.78, 5) is 12.4. The van der Waals surface area contributed by atoms with Gasteiger partial charge in [0.15, 0.2) is 0 Å². The van der Waals surface area contributed by atoms with Crippen molar-refractivity contribution in [2.45, 2.75) is 23.2 Å². The van der Waals surface area contributed by atoms with Gasteiger partial charge in [0.05, 0.1) is 12.6 Å². The van der Waals surface area contributed by atoms with Crippen molar-refractivity contribution in [3.63, 3.8) is 0 Å². The van der Waals surface area contributed by atoms with Gasteiger partial charge in [-0.3, -0.25) is 4.79 Å². The summed E-state index contributed by atoms with van der Waals surface area (Å²) in [7, 11) is -3.74. The molecule has 1 aliphatic rings. The number of thiophene rings is 1. The average molecular weight is 459 g/mol. The number of amides is 1. The minimum absolute atomic E-state index is 0.175. The van der Waals surface area contributed by atoms with Gasteiger partial charge in [-0.2, -0.15) is 4.31 Å². The van der Waals surface area contributed by atoms with Gasteiger partial charge in [0.1, 0.15) is 4.21 Å². The Morgan fingerprint density at radius 3 is 2.69 bits per heavy atom. The SMILES string of the molecule is O=C(CN(C[C@H]1CCCO1)S(=O)(=O)c1cccs1)Nc1ccc(Br)cc1. The van der Waals surface area contributed by atoms with Crippen LogP contribution in [0.3, 0.4) is 0 Å². The number of hydrogen-bond donors (Lipinski definition) is 1. The molecule has 0 bridgehead atoms. The van der Waals surface area contributed by atoms with Gasteiger partial charge in [0, 0.05) is 23.3 Å². The van der Waals surface area contributed by atoms with Crippen LogP contribution in [0.15, 0.2) is 50.5 Å². The number of nitrogens with one attached hydrogen (secondary N) is 1. The highest BCUT2D eigenvalue weighted by Gasteiger charge is 2.31. The first kappa shape index (κ1) is 19.5. The van der Waals surface area contributed by atoms with E-state index in [1.54, 1.807) is 29.6 Å². The van der Waals surface area contributed by atoms with Gasteiger partial charge in [-0.1, -0.05) is 22.0 Å². The van der Waals surface area contributed by atoms with Gasteiger partial charge in [-0.25, -0.2) is 8.42 Å². The molecule has 3 rings (SSSR count). The molecule has 1 fully saturated rings. The third-order valence-electron chi connectivity index (χ3n) is 3.97. The van der Waals surface area contributed by atoms with Crippen LogP contribution in [0.25, 0.3) is 0 Å². The van der Waals surface area contributed by atoms with Gasteiger partial charge >= 0.3 is 0 Å². The smallest absolute Gasteiger partial charge is 0.253 e. The predicted molar refractivity (Wildman–Crippen MR) is 105 cm³/mol. The van der Waals surface area contributed by atoms with Crippen molar-refractivity contribution in [3.8, 4) is 0 Å². The fraction of sp³-hybridized carbons (Fsp3) is 0.353. The van der Waals surface area contributed by atoms with E-state index < -0.39 is 10.0 Å². The van der Waals surface area contributed by atoms with E-state index in [0.29, 0.717) is 12.3 Å². The van der Waals surface area contributed by atoms with E-state index in [-0.39, 0.29) is 29.3 Å². The molecule has 2 heterocycles. The monoisotopic (exact) mass is 458 g/mol. The maximum atomic E-state index is 12.9. The molecule has 0 spiro atoms. The molecular weight excluding hydrogens is 440 g/mol. The number of rotatable bonds is 7. The number of carbonyl (C=O) groups excluding carboxylic acids is 1. The van der Waals surface area contributed by atoms with Gasteiger partial charge in [-0.05, 0) is 48.6 Å². The van der Waals surface area contributed by atoms with E-state index in [1.807, 2.05) is 12.1 Å². The van der Waals surface area contributed by atoms with Crippen LogP contribution < -0.4 is 5.32 Å². The number of halogens is 1. The zero-order valence-corrected chi connectivity index (χ0v) is 17.1. The molecule has 1 aromatic heterocycles. The van der Waals surface area contributed by atoms with Crippen LogP contribution >= 0.6 is 27.3 Å². The highest BCUT2D eigenvalue weighted by atomic mass is 79.9. The summed E-state index contributed by atoms with van der Waals surface area (Å²) in [5.41, 5.74) is 0.615. The van der Waals surface area contributed by atoms with Crippen LogP contribution in [0, 0.1) is 0 Å². The Hall–Kier alpha value is -1.26. The summed E-state index contributed by atoms with van der Waals surface area (Å²) < 4.78 is 33.7. The molecule has 1 aromatic carbocycles. The van der Waals surface area contributed by atoms with Crippen molar-refractivity contribution in [3.05, 3.63) is 46.3 Å². The minimum atomic E-state index is -3.74. The van der Waals surface area contributed by atoms with Crippen LogP contribution in [-0.4, -0.2) is 44.4 Å². The first-order valence-electron chi connectivity index (χ1n) is 8.16. The van der Waals surface area contributed by atoms with Crippen LogP contribution in [-0.2, 0) is 19.6 Å². The van der Waals surface area contributed by atoms with Crippen molar-refractivity contribution in [2.24, 2.45) is 0 Å². The lowest BCUT2D eigenvalue weighted by molar-refractivity contribution is -0.116. The predicted octanol–water partition coefficient (Wildman–Crippen LogP) is 3.32. The Kier molecular flexibility index (Phi) is 6.46. The Balaban J connectivity index is 1.74. The summed E-state index contributed by atoms with van der Waals surface area (Å²) in [6, 6.07) is 10.4. The van der Waals surface area contributed by atoms with Gasteiger partial charge in [0.25, 0.3) is 10.0 Å². The van der Waals surface area contributed by atoms with Crippen LogP contribution in [0.4, 0.5) is 5.69 Å². The molecule has 0 radical (unpaired) electrons. The fourth-order valence-electron chi connectivity index (χ4n) is 2.69. The van der Waals surface area contributed by atoms with E-state index >= 15 is 0 Å². The van der Waals surface area contributed by atoms with E-state index in [1.165, 1.54) is 4.31 Å². The molecule has 2 aromatic rings. The summed E-state index contributed by atoms with van der Waals surface area (Å²) >= 11 is 4.48. The maximum absolute atomic E-state index is 12.9. The standard InChI is InChI=1S/C17H19BrN2O4S2/c18-13-5-7-14(8-6-13)19-16(21)12-20(11-15-3-1-9-24-15)26(22,23)17-4-2-10-25-17/h2,4-8,10,15H,1,3,9,11-12H2,(H,19,21)/t15-/m1/s1. The highest BCUT2D eigenvalue weighted by Crippen LogP contribution is 2.23. The van der Waals surface area contributed by atoms with Gasteiger partial charge in [-0.15, -0.1) is 11.3 Å². The number of ether oxygens (including phenoxy) is 1. The van der Waals surface area contributed by atoms with E-state index in [0.717, 1.165) is 28.7 Å². The van der Waals surface area contributed by atoms with Crippen molar-refractivity contribution in [2.75, 3.05) is 25.0 Å². The molecule has 1 amide bonds. The number of sulfonamides is 1. The van der Waals surface area contributed by atoms with Crippen molar-refractivity contribution in [1.82, 2.24) is 4.31 Å². The largest absolute Gasteiger partial charge is 0.377 e. The number of hydrogen-bond acceptors (Lipinski definition) is 5. The molecule has 1 N–H and O–H groups in total. The molecule has 0 aliphatic carbocycles. The summed E-state index contributed by atoms with van der Waals surface area (Å²) in [5, 5.41) is 4.45. The Morgan fingerprint density at radius 2 is 2.08 bits per heavy atom. The van der Waals surface area contributed by atoms with Crippen molar-refractivity contribution in [1.29, 1.82) is 0 Å². The van der Waals surface area contributed by atoms with E-state index in [9.17, 15) is 13.2 Å². The number of nitrogens with zero attached hydrogens (tertiary/aromatic N) is 1. The molecule has 26 heavy (non-hydrogen) atoms.